The summed E-state index contributed by atoms with van der Waals surface area (Å²) in [6.45, 7) is 0.550. The van der Waals surface area contributed by atoms with E-state index in [0.29, 0.717) is 24.5 Å². The number of carbonyl (C=O) groups excluding carboxylic acids is 1. The minimum atomic E-state index is -0.0350. The molecule has 2 aromatic carbocycles. The summed E-state index contributed by atoms with van der Waals surface area (Å²) >= 11 is 9.22. The molecule has 1 heterocycles. The highest BCUT2D eigenvalue weighted by atomic mass is 35.5. The first-order chi connectivity index (χ1) is 14.6. The molecule has 0 unspecified atom stereocenters. The zero-order valence-corrected chi connectivity index (χ0v) is 19.2. The molecule has 0 aliphatic rings. The second-order valence-corrected chi connectivity index (χ2v) is 9.01. The molecule has 0 saturated carbocycles. The Kier molecular flexibility index (Phi) is 8.42. The van der Waals surface area contributed by atoms with E-state index in [2.05, 4.69) is 10.3 Å². The summed E-state index contributed by atoms with van der Waals surface area (Å²) < 4.78 is 11.5. The van der Waals surface area contributed by atoms with Gasteiger partial charge in [0.1, 0.15) is 4.34 Å². The molecule has 3 aromatic rings. The van der Waals surface area contributed by atoms with Gasteiger partial charge in [0.25, 0.3) is 0 Å². The zero-order chi connectivity index (χ0) is 21.3. The lowest BCUT2D eigenvalue weighted by molar-refractivity contribution is -0.120. The number of amides is 1. The molecular weight excluding hydrogens is 440 g/mol. The van der Waals surface area contributed by atoms with Crippen LogP contribution in [0.4, 0.5) is 0 Å². The number of thiazole rings is 1. The lowest BCUT2D eigenvalue weighted by atomic mass is 10.1. The van der Waals surface area contributed by atoms with E-state index in [1.807, 2.05) is 47.8 Å². The van der Waals surface area contributed by atoms with Crippen LogP contribution in [0.15, 0.2) is 52.2 Å². The fourth-order valence-electron chi connectivity index (χ4n) is 2.82. The van der Waals surface area contributed by atoms with E-state index in [9.17, 15) is 4.79 Å². The standard InChI is InChI=1S/C22H23ClN2O3S2/c1-27-19-7-6-15(11-20(19)28-2)8-9-24-21(26)12-18-14-30-22(25-18)29-13-16-4-3-5-17(23)10-16/h3-7,10-11,14H,8-9,12-13H2,1-2H3,(H,24,26). The van der Waals surface area contributed by atoms with Gasteiger partial charge in [-0.2, -0.15) is 0 Å². The van der Waals surface area contributed by atoms with Crippen molar-refractivity contribution in [2.75, 3.05) is 20.8 Å². The van der Waals surface area contributed by atoms with Crippen LogP contribution in [0.2, 0.25) is 5.02 Å². The number of ether oxygens (including phenoxy) is 2. The normalized spacial score (nSPS) is 10.6. The van der Waals surface area contributed by atoms with Gasteiger partial charge in [0, 0.05) is 22.7 Å². The van der Waals surface area contributed by atoms with Crippen LogP contribution in [0.1, 0.15) is 16.8 Å². The van der Waals surface area contributed by atoms with Crippen LogP contribution in [-0.2, 0) is 23.4 Å². The lowest BCUT2D eigenvalue weighted by Gasteiger charge is -2.10. The van der Waals surface area contributed by atoms with E-state index >= 15 is 0 Å². The molecule has 1 amide bonds. The van der Waals surface area contributed by atoms with Crippen LogP contribution in [0.3, 0.4) is 0 Å². The number of benzene rings is 2. The Balaban J connectivity index is 1.43. The van der Waals surface area contributed by atoms with Crippen molar-refractivity contribution in [2.24, 2.45) is 0 Å². The van der Waals surface area contributed by atoms with Gasteiger partial charge < -0.3 is 14.8 Å². The Morgan fingerprint density at radius 3 is 2.73 bits per heavy atom. The first-order valence-corrected chi connectivity index (χ1v) is 11.6. The highest BCUT2D eigenvalue weighted by Crippen LogP contribution is 2.28. The Bertz CT molecular complexity index is 994. The number of aromatic nitrogens is 1. The number of hydrogen-bond acceptors (Lipinski definition) is 6. The van der Waals surface area contributed by atoms with Crippen molar-refractivity contribution in [3.63, 3.8) is 0 Å². The third-order valence-electron chi connectivity index (χ3n) is 4.31. The van der Waals surface area contributed by atoms with Crippen molar-refractivity contribution in [2.45, 2.75) is 22.9 Å². The first-order valence-electron chi connectivity index (χ1n) is 9.36. The molecule has 0 atom stereocenters. The van der Waals surface area contributed by atoms with E-state index in [4.69, 9.17) is 21.1 Å². The summed E-state index contributed by atoms with van der Waals surface area (Å²) in [7, 11) is 3.22. The van der Waals surface area contributed by atoms with E-state index in [1.54, 1.807) is 37.3 Å². The Hall–Kier alpha value is -2.22. The summed E-state index contributed by atoms with van der Waals surface area (Å²) in [6.07, 6.45) is 0.990. The van der Waals surface area contributed by atoms with Gasteiger partial charge in [-0.15, -0.1) is 11.3 Å². The van der Waals surface area contributed by atoms with Gasteiger partial charge in [-0.3, -0.25) is 4.79 Å². The van der Waals surface area contributed by atoms with E-state index in [-0.39, 0.29) is 12.3 Å². The SMILES string of the molecule is COc1ccc(CCNC(=O)Cc2csc(SCc3cccc(Cl)c3)n2)cc1OC. The quantitative estimate of drug-likeness (QED) is 0.429. The van der Waals surface area contributed by atoms with Gasteiger partial charge >= 0.3 is 0 Å². The number of carbonyl (C=O) groups is 1. The highest BCUT2D eigenvalue weighted by Gasteiger charge is 2.09. The third-order valence-corrected chi connectivity index (χ3v) is 6.68. The number of methoxy groups -OCH3 is 2. The monoisotopic (exact) mass is 462 g/mol. The van der Waals surface area contributed by atoms with Crippen LogP contribution >= 0.6 is 34.7 Å². The second-order valence-electron chi connectivity index (χ2n) is 6.49. The smallest absolute Gasteiger partial charge is 0.226 e. The maximum atomic E-state index is 12.2. The van der Waals surface area contributed by atoms with Gasteiger partial charge in [0.15, 0.2) is 11.5 Å². The van der Waals surface area contributed by atoms with Gasteiger partial charge in [-0.05, 0) is 41.8 Å². The summed E-state index contributed by atoms with van der Waals surface area (Å²) in [5.74, 6) is 2.14. The molecule has 30 heavy (non-hydrogen) atoms. The van der Waals surface area contributed by atoms with Crippen molar-refractivity contribution in [3.8, 4) is 11.5 Å². The molecule has 0 saturated heterocycles. The summed E-state index contributed by atoms with van der Waals surface area (Å²) in [6, 6.07) is 13.6. The molecule has 0 aliphatic heterocycles. The topological polar surface area (TPSA) is 60.5 Å². The molecule has 1 N–H and O–H groups in total. The van der Waals surface area contributed by atoms with Crippen LogP contribution in [0.25, 0.3) is 0 Å². The van der Waals surface area contributed by atoms with Crippen molar-refractivity contribution >= 4 is 40.6 Å². The maximum absolute atomic E-state index is 12.2. The molecule has 0 fully saturated rings. The molecule has 158 valence electrons. The maximum Gasteiger partial charge on any atom is 0.226 e. The number of halogens is 1. The largest absolute Gasteiger partial charge is 0.493 e. The van der Waals surface area contributed by atoms with Crippen molar-refractivity contribution in [1.29, 1.82) is 0 Å². The number of nitrogens with zero attached hydrogens (tertiary/aromatic N) is 1. The van der Waals surface area contributed by atoms with Crippen LogP contribution < -0.4 is 14.8 Å². The molecule has 0 bridgehead atoms. The molecule has 0 aliphatic carbocycles. The van der Waals surface area contributed by atoms with Crippen molar-refractivity contribution in [1.82, 2.24) is 10.3 Å². The van der Waals surface area contributed by atoms with Crippen LogP contribution in [0, 0.1) is 0 Å². The number of rotatable bonds is 10. The molecule has 8 heteroatoms. The Morgan fingerprint density at radius 1 is 1.13 bits per heavy atom. The second kappa shape index (κ2) is 11.2. The first kappa shape index (κ1) is 22.5. The number of nitrogens with one attached hydrogen (secondary N) is 1. The van der Waals surface area contributed by atoms with Gasteiger partial charge in [0.2, 0.25) is 5.91 Å². The fraction of sp³-hybridized carbons (Fsp3) is 0.273. The molecule has 5 nitrogen and oxygen atoms in total. The van der Waals surface area contributed by atoms with Crippen LogP contribution in [0.5, 0.6) is 11.5 Å². The third kappa shape index (κ3) is 6.65. The van der Waals surface area contributed by atoms with Gasteiger partial charge in [-0.25, -0.2) is 4.98 Å². The molecule has 0 radical (unpaired) electrons. The lowest BCUT2D eigenvalue weighted by Crippen LogP contribution is -2.27. The van der Waals surface area contributed by atoms with E-state index in [0.717, 1.165) is 31.9 Å². The number of hydrogen-bond donors (Lipinski definition) is 1. The van der Waals surface area contributed by atoms with E-state index in [1.165, 1.54) is 0 Å². The summed E-state index contributed by atoms with van der Waals surface area (Å²) in [5.41, 5.74) is 3.01. The molecule has 1 aromatic heterocycles. The summed E-state index contributed by atoms with van der Waals surface area (Å²) in [5, 5.41) is 5.62. The minimum Gasteiger partial charge on any atom is -0.493 e. The average Bonchev–Trinajstić information content (AvgIpc) is 3.19. The van der Waals surface area contributed by atoms with Crippen LogP contribution in [-0.4, -0.2) is 31.7 Å². The summed E-state index contributed by atoms with van der Waals surface area (Å²) in [4.78, 5) is 16.8. The predicted octanol–water partition coefficient (Wildman–Crippen LogP) is 5.01. The van der Waals surface area contributed by atoms with Crippen molar-refractivity contribution in [3.05, 3.63) is 69.7 Å². The Labute approximate surface area is 189 Å². The fourth-order valence-corrected chi connectivity index (χ4v) is 4.82. The number of thioether (sulfide) groups is 1. The predicted molar refractivity (Wildman–Crippen MR) is 123 cm³/mol. The van der Waals surface area contributed by atoms with Gasteiger partial charge in [-0.1, -0.05) is 41.6 Å². The Morgan fingerprint density at radius 2 is 1.97 bits per heavy atom. The highest BCUT2D eigenvalue weighted by molar-refractivity contribution is 8.00. The zero-order valence-electron chi connectivity index (χ0n) is 16.8. The van der Waals surface area contributed by atoms with Crippen molar-refractivity contribution < 1.29 is 14.3 Å². The van der Waals surface area contributed by atoms with E-state index < -0.39 is 0 Å². The molecule has 0 spiro atoms. The minimum absolute atomic E-state index is 0.0350. The molecular formula is C22H23ClN2O3S2. The molecule has 3 rings (SSSR count). The van der Waals surface area contributed by atoms with Gasteiger partial charge in [0.05, 0.1) is 26.3 Å². The average molecular weight is 463 g/mol.